The third-order valence-corrected chi connectivity index (χ3v) is 3.66. The second-order valence-corrected chi connectivity index (χ2v) is 5.07. The Morgan fingerprint density at radius 1 is 1.24 bits per heavy atom. The zero-order valence-electron chi connectivity index (χ0n) is 9.18. The Morgan fingerprint density at radius 3 is 2.76 bits per heavy atom. The van der Waals surface area contributed by atoms with Crippen molar-refractivity contribution >= 4 is 15.9 Å². The fourth-order valence-electron chi connectivity index (χ4n) is 2.14. The third-order valence-electron chi connectivity index (χ3n) is 3.05. The number of ether oxygens (including phenoxy) is 1. The lowest BCUT2D eigenvalue weighted by Crippen LogP contribution is -2.29. The molecule has 0 aliphatic carbocycles. The zero-order chi connectivity index (χ0) is 12.5. The highest BCUT2D eigenvalue weighted by atomic mass is 79.9. The first-order valence-corrected chi connectivity index (χ1v) is 6.28. The van der Waals surface area contributed by atoms with Gasteiger partial charge in [0.05, 0.1) is 15.6 Å². The molecule has 1 N–H and O–H groups in total. The predicted molar refractivity (Wildman–Crippen MR) is 62.6 cm³/mol. The molecule has 1 unspecified atom stereocenters. The maximum Gasteiger partial charge on any atom is 0.146 e. The highest BCUT2D eigenvalue weighted by Crippen LogP contribution is 2.37. The number of halogens is 3. The standard InChI is InChI=1S/C12H13BrF2O2/c13-8-2-3-9(14)10(11(8)15)12(16)4-1-6-17-7-5-12/h2-3,16H,1,4-7H2. The van der Waals surface area contributed by atoms with Crippen LogP contribution in [0.5, 0.6) is 0 Å². The topological polar surface area (TPSA) is 29.5 Å². The van der Waals surface area contributed by atoms with Crippen LogP contribution >= 0.6 is 15.9 Å². The van der Waals surface area contributed by atoms with E-state index in [9.17, 15) is 13.9 Å². The third kappa shape index (κ3) is 2.51. The van der Waals surface area contributed by atoms with E-state index in [1.165, 1.54) is 6.07 Å². The molecule has 1 aromatic rings. The number of rotatable bonds is 1. The quantitative estimate of drug-likeness (QED) is 0.808. The van der Waals surface area contributed by atoms with Gasteiger partial charge in [-0.3, -0.25) is 0 Å². The summed E-state index contributed by atoms with van der Waals surface area (Å²) in [6.07, 6.45) is 1.09. The van der Waals surface area contributed by atoms with Gasteiger partial charge in [-0.2, -0.15) is 0 Å². The van der Waals surface area contributed by atoms with Gasteiger partial charge in [-0.25, -0.2) is 8.78 Å². The summed E-state index contributed by atoms with van der Waals surface area (Å²) in [7, 11) is 0. The van der Waals surface area contributed by atoms with Crippen LogP contribution in [0.25, 0.3) is 0 Å². The molecule has 0 amide bonds. The van der Waals surface area contributed by atoms with Gasteiger partial charge in [0.15, 0.2) is 0 Å². The van der Waals surface area contributed by atoms with Gasteiger partial charge in [0, 0.05) is 19.6 Å². The highest BCUT2D eigenvalue weighted by Gasteiger charge is 2.36. The molecule has 1 heterocycles. The largest absolute Gasteiger partial charge is 0.385 e. The van der Waals surface area contributed by atoms with Crippen LogP contribution in [0, 0.1) is 11.6 Å². The fourth-order valence-corrected chi connectivity index (χ4v) is 2.47. The van der Waals surface area contributed by atoms with Crippen molar-refractivity contribution in [3.8, 4) is 0 Å². The van der Waals surface area contributed by atoms with Crippen LogP contribution in [-0.4, -0.2) is 18.3 Å². The van der Waals surface area contributed by atoms with Gasteiger partial charge in [-0.05, 0) is 40.9 Å². The van der Waals surface area contributed by atoms with Crippen LogP contribution in [0.4, 0.5) is 8.78 Å². The lowest BCUT2D eigenvalue weighted by molar-refractivity contribution is 0.00781. The summed E-state index contributed by atoms with van der Waals surface area (Å²) in [6.45, 7) is 0.821. The van der Waals surface area contributed by atoms with E-state index < -0.39 is 17.2 Å². The van der Waals surface area contributed by atoms with Gasteiger partial charge in [-0.15, -0.1) is 0 Å². The van der Waals surface area contributed by atoms with Crippen molar-refractivity contribution in [3.63, 3.8) is 0 Å². The van der Waals surface area contributed by atoms with Crippen LogP contribution in [-0.2, 0) is 10.3 Å². The number of aliphatic hydroxyl groups is 1. The molecule has 1 saturated heterocycles. The van der Waals surface area contributed by atoms with Crippen molar-refractivity contribution in [2.45, 2.75) is 24.9 Å². The Balaban J connectivity index is 2.47. The predicted octanol–water partition coefficient (Wildman–Crippen LogP) is 3.12. The summed E-state index contributed by atoms with van der Waals surface area (Å²) in [5.41, 5.74) is -1.73. The second-order valence-electron chi connectivity index (χ2n) is 4.22. The van der Waals surface area contributed by atoms with E-state index in [0.29, 0.717) is 26.1 Å². The monoisotopic (exact) mass is 306 g/mol. The Labute approximate surface area is 107 Å². The summed E-state index contributed by atoms with van der Waals surface area (Å²) in [6, 6.07) is 2.46. The lowest BCUT2D eigenvalue weighted by Gasteiger charge is -2.27. The van der Waals surface area contributed by atoms with Crippen molar-refractivity contribution in [2.75, 3.05) is 13.2 Å². The first-order valence-electron chi connectivity index (χ1n) is 5.49. The summed E-state index contributed by atoms with van der Waals surface area (Å²) >= 11 is 3.01. The highest BCUT2D eigenvalue weighted by molar-refractivity contribution is 9.10. The molecule has 0 saturated carbocycles. The minimum atomic E-state index is -1.48. The van der Waals surface area contributed by atoms with Gasteiger partial charge in [0.25, 0.3) is 0 Å². The molecule has 1 aliphatic heterocycles. The molecule has 0 radical (unpaired) electrons. The van der Waals surface area contributed by atoms with Crippen molar-refractivity contribution in [2.24, 2.45) is 0 Å². The second kappa shape index (κ2) is 5.00. The van der Waals surface area contributed by atoms with Crippen LogP contribution in [0.15, 0.2) is 16.6 Å². The van der Waals surface area contributed by atoms with E-state index in [2.05, 4.69) is 15.9 Å². The molecule has 1 atom stereocenters. The van der Waals surface area contributed by atoms with E-state index in [1.54, 1.807) is 0 Å². The van der Waals surface area contributed by atoms with E-state index in [1.807, 2.05) is 0 Å². The molecule has 5 heteroatoms. The average Bonchev–Trinajstić information content (AvgIpc) is 2.50. The molecule has 0 spiro atoms. The van der Waals surface area contributed by atoms with Crippen molar-refractivity contribution in [1.29, 1.82) is 0 Å². The molecule has 2 nitrogen and oxygen atoms in total. The van der Waals surface area contributed by atoms with Gasteiger partial charge in [0.2, 0.25) is 0 Å². The molecule has 0 bridgehead atoms. The summed E-state index contributed by atoms with van der Waals surface area (Å²) < 4.78 is 33.0. The molecule has 1 aliphatic rings. The Hall–Kier alpha value is -0.520. The SMILES string of the molecule is OC1(c2c(F)ccc(Br)c2F)CCCOCC1. The first-order chi connectivity index (χ1) is 8.04. The number of hydrogen-bond acceptors (Lipinski definition) is 2. The smallest absolute Gasteiger partial charge is 0.146 e. The minimum Gasteiger partial charge on any atom is -0.385 e. The Kier molecular flexibility index (Phi) is 3.80. The van der Waals surface area contributed by atoms with E-state index in [-0.39, 0.29) is 16.5 Å². The van der Waals surface area contributed by atoms with Crippen LogP contribution in [0.2, 0.25) is 0 Å². The molecule has 17 heavy (non-hydrogen) atoms. The summed E-state index contributed by atoms with van der Waals surface area (Å²) in [4.78, 5) is 0. The Bertz CT molecular complexity index is 415. The molecule has 0 aromatic heterocycles. The van der Waals surface area contributed by atoms with Crippen LogP contribution in [0.1, 0.15) is 24.8 Å². The molecular weight excluding hydrogens is 294 g/mol. The number of hydrogen-bond donors (Lipinski definition) is 1. The number of benzene rings is 1. The normalized spacial score (nSPS) is 25.6. The fraction of sp³-hybridized carbons (Fsp3) is 0.500. The maximum absolute atomic E-state index is 13.9. The molecule has 1 aromatic carbocycles. The van der Waals surface area contributed by atoms with Crippen molar-refractivity contribution in [1.82, 2.24) is 0 Å². The Morgan fingerprint density at radius 2 is 2.00 bits per heavy atom. The van der Waals surface area contributed by atoms with Gasteiger partial charge >= 0.3 is 0 Å². The maximum atomic E-state index is 13.9. The zero-order valence-corrected chi connectivity index (χ0v) is 10.8. The minimum absolute atomic E-state index is 0.160. The van der Waals surface area contributed by atoms with E-state index >= 15 is 0 Å². The van der Waals surface area contributed by atoms with Gasteiger partial charge in [0.1, 0.15) is 11.6 Å². The molecule has 94 valence electrons. The van der Waals surface area contributed by atoms with Crippen LogP contribution < -0.4 is 0 Å². The van der Waals surface area contributed by atoms with E-state index in [0.717, 1.165) is 6.07 Å². The average molecular weight is 307 g/mol. The van der Waals surface area contributed by atoms with Crippen molar-refractivity contribution in [3.05, 3.63) is 33.8 Å². The lowest BCUT2D eigenvalue weighted by atomic mass is 9.86. The van der Waals surface area contributed by atoms with Crippen LogP contribution in [0.3, 0.4) is 0 Å². The van der Waals surface area contributed by atoms with Gasteiger partial charge in [-0.1, -0.05) is 0 Å². The first kappa shape index (κ1) is 12.9. The van der Waals surface area contributed by atoms with Gasteiger partial charge < -0.3 is 9.84 Å². The van der Waals surface area contributed by atoms with E-state index in [4.69, 9.17) is 4.74 Å². The summed E-state index contributed by atoms with van der Waals surface area (Å²) in [5, 5.41) is 10.4. The van der Waals surface area contributed by atoms with Crippen molar-refractivity contribution < 1.29 is 18.6 Å². The molecular formula is C12H13BrF2O2. The summed E-state index contributed by atoms with van der Waals surface area (Å²) in [5.74, 6) is -1.44. The molecule has 1 fully saturated rings. The molecule has 2 rings (SSSR count).